The Bertz CT molecular complexity index is 544. The molecule has 0 fully saturated rings. The van der Waals surface area contributed by atoms with E-state index in [1.165, 1.54) is 0 Å². The van der Waals surface area contributed by atoms with Gasteiger partial charge in [0, 0.05) is 0 Å². The highest BCUT2D eigenvalue weighted by atomic mass is 35.5. The van der Waals surface area contributed by atoms with Crippen molar-refractivity contribution in [3.05, 3.63) is 46.4 Å². The Hall–Kier alpha value is -1.38. The number of rotatable bonds is 5. The van der Waals surface area contributed by atoms with E-state index in [-0.39, 0.29) is 0 Å². The van der Waals surface area contributed by atoms with E-state index in [2.05, 4.69) is 0 Å². The highest BCUT2D eigenvalue weighted by Crippen LogP contribution is 2.34. The molecule has 2 rings (SSSR count). The Morgan fingerprint density at radius 3 is 1.50 bits per heavy atom. The van der Waals surface area contributed by atoms with Gasteiger partial charge in [0.25, 0.3) is 0 Å². The van der Waals surface area contributed by atoms with E-state index < -0.39 is 0 Å². The summed E-state index contributed by atoms with van der Waals surface area (Å²) < 4.78 is 11.0. The molecular weight excluding hydrogens is 295 g/mol. The molecule has 20 heavy (non-hydrogen) atoms. The molecule has 0 N–H and O–H groups in total. The second kappa shape index (κ2) is 6.87. The number of hydrogen-bond donors (Lipinski definition) is 0. The minimum Gasteiger partial charge on any atom is -0.492 e. The molecule has 0 bridgehead atoms. The Kier molecular flexibility index (Phi) is 5.16. The lowest BCUT2D eigenvalue weighted by atomic mass is 10.1. The fraction of sp³-hybridized carbons (Fsp3) is 0.250. The summed E-state index contributed by atoms with van der Waals surface area (Å²) in [5.41, 5.74) is 2.02. The third kappa shape index (κ3) is 3.38. The molecule has 0 aliphatic rings. The van der Waals surface area contributed by atoms with Crippen molar-refractivity contribution in [3.63, 3.8) is 0 Å². The van der Waals surface area contributed by atoms with E-state index in [0.29, 0.717) is 34.8 Å². The number of ether oxygens (including phenoxy) is 2. The van der Waals surface area contributed by atoms with Crippen LogP contribution >= 0.6 is 23.2 Å². The summed E-state index contributed by atoms with van der Waals surface area (Å²) in [4.78, 5) is 0. The third-order valence-corrected chi connectivity index (χ3v) is 3.42. The van der Waals surface area contributed by atoms with Gasteiger partial charge in [-0.2, -0.15) is 0 Å². The molecular formula is C16H16Cl2O2. The van der Waals surface area contributed by atoms with Crippen LogP contribution in [0.2, 0.25) is 10.0 Å². The lowest BCUT2D eigenvalue weighted by Gasteiger charge is -2.11. The van der Waals surface area contributed by atoms with Gasteiger partial charge < -0.3 is 9.47 Å². The van der Waals surface area contributed by atoms with Gasteiger partial charge in [-0.1, -0.05) is 35.3 Å². The van der Waals surface area contributed by atoms with Gasteiger partial charge in [0.2, 0.25) is 0 Å². The molecule has 4 heteroatoms. The fourth-order valence-corrected chi connectivity index (χ4v) is 2.24. The molecule has 2 aromatic carbocycles. The van der Waals surface area contributed by atoms with Crippen molar-refractivity contribution in [1.29, 1.82) is 0 Å². The van der Waals surface area contributed by atoms with E-state index in [9.17, 15) is 0 Å². The first-order valence-electron chi connectivity index (χ1n) is 6.50. The van der Waals surface area contributed by atoms with Crippen LogP contribution in [0, 0.1) is 0 Å². The minimum atomic E-state index is 0.577. The molecule has 0 saturated heterocycles. The van der Waals surface area contributed by atoms with Gasteiger partial charge in [0.15, 0.2) is 0 Å². The first kappa shape index (κ1) is 15.0. The van der Waals surface area contributed by atoms with Crippen LogP contribution in [0.4, 0.5) is 0 Å². The van der Waals surface area contributed by atoms with Gasteiger partial charge in [-0.25, -0.2) is 0 Å². The molecule has 0 aromatic heterocycles. The molecule has 0 unspecified atom stereocenters. The Balaban J connectivity index is 2.40. The third-order valence-electron chi connectivity index (χ3n) is 2.80. The molecule has 2 nitrogen and oxygen atoms in total. The second-order valence-electron chi connectivity index (χ2n) is 4.16. The summed E-state index contributed by atoms with van der Waals surface area (Å²) in [7, 11) is 0. The van der Waals surface area contributed by atoms with Crippen molar-refractivity contribution in [3.8, 4) is 22.6 Å². The zero-order valence-electron chi connectivity index (χ0n) is 11.5. The van der Waals surface area contributed by atoms with E-state index in [1.807, 2.05) is 50.2 Å². The first-order chi connectivity index (χ1) is 9.65. The lowest BCUT2D eigenvalue weighted by molar-refractivity contribution is 0.340. The second-order valence-corrected chi connectivity index (χ2v) is 4.97. The Morgan fingerprint density at radius 1 is 0.750 bits per heavy atom. The largest absolute Gasteiger partial charge is 0.492 e. The molecule has 0 heterocycles. The number of halogens is 2. The number of benzene rings is 2. The summed E-state index contributed by atoms with van der Waals surface area (Å²) in [5, 5.41) is 1.21. The average molecular weight is 311 g/mol. The van der Waals surface area contributed by atoms with E-state index in [1.54, 1.807) is 0 Å². The molecule has 0 amide bonds. The van der Waals surface area contributed by atoms with Crippen LogP contribution < -0.4 is 9.47 Å². The summed E-state index contributed by atoms with van der Waals surface area (Å²) in [5.74, 6) is 1.36. The normalized spacial score (nSPS) is 10.4. The summed E-state index contributed by atoms with van der Waals surface area (Å²) in [6.07, 6.45) is 0. The summed E-state index contributed by atoms with van der Waals surface area (Å²) in [6.45, 7) is 5.01. The van der Waals surface area contributed by atoms with Crippen LogP contribution in [-0.4, -0.2) is 13.2 Å². The Labute approximate surface area is 129 Å². The standard InChI is InChI=1S/C16H16Cl2O2/c1-3-19-15-9-11(5-7-13(15)17)12-6-8-14(18)16(10-12)20-4-2/h5-10H,3-4H2,1-2H3. The first-order valence-corrected chi connectivity index (χ1v) is 7.26. The maximum atomic E-state index is 6.10. The minimum absolute atomic E-state index is 0.577. The molecule has 0 aliphatic heterocycles. The van der Waals surface area contributed by atoms with Gasteiger partial charge in [-0.05, 0) is 49.2 Å². The maximum Gasteiger partial charge on any atom is 0.138 e. The molecule has 0 radical (unpaired) electrons. The highest BCUT2D eigenvalue weighted by Gasteiger charge is 2.08. The van der Waals surface area contributed by atoms with Crippen molar-refractivity contribution < 1.29 is 9.47 Å². The van der Waals surface area contributed by atoms with Crippen LogP contribution in [-0.2, 0) is 0 Å². The van der Waals surface area contributed by atoms with E-state index >= 15 is 0 Å². The van der Waals surface area contributed by atoms with Gasteiger partial charge in [-0.3, -0.25) is 0 Å². The van der Waals surface area contributed by atoms with Crippen LogP contribution in [0.25, 0.3) is 11.1 Å². The number of hydrogen-bond acceptors (Lipinski definition) is 2. The Morgan fingerprint density at radius 2 is 1.15 bits per heavy atom. The van der Waals surface area contributed by atoms with Gasteiger partial charge >= 0.3 is 0 Å². The lowest BCUT2D eigenvalue weighted by Crippen LogP contribution is -1.94. The maximum absolute atomic E-state index is 6.10. The zero-order valence-corrected chi connectivity index (χ0v) is 13.0. The van der Waals surface area contributed by atoms with Gasteiger partial charge in [0.1, 0.15) is 11.5 Å². The molecule has 0 spiro atoms. The van der Waals surface area contributed by atoms with E-state index in [4.69, 9.17) is 32.7 Å². The fourth-order valence-electron chi connectivity index (χ4n) is 1.90. The summed E-state index contributed by atoms with van der Waals surface area (Å²) in [6, 6.07) is 11.4. The van der Waals surface area contributed by atoms with Crippen molar-refractivity contribution in [1.82, 2.24) is 0 Å². The highest BCUT2D eigenvalue weighted by molar-refractivity contribution is 6.32. The predicted molar refractivity (Wildman–Crippen MR) is 84.2 cm³/mol. The van der Waals surface area contributed by atoms with E-state index in [0.717, 1.165) is 11.1 Å². The van der Waals surface area contributed by atoms with Gasteiger partial charge in [0.05, 0.1) is 23.3 Å². The topological polar surface area (TPSA) is 18.5 Å². The van der Waals surface area contributed by atoms with Crippen LogP contribution in [0.5, 0.6) is 11.5 Å². The molecule has 0 saturated carbocycles. The molecule has 106 valence electrons. The van der Waals surface area contributed by atoms with Gasteiger partial charge in [-0.15, -0.1) is 0 Å². The van der Waals surface area contributed by atoms with Crippen molar-refractivity contribution in [2.24, 2.45) is 0 Å². The SMILES string of the molecule is CCOc1cc(-c2ccc(Cl)c(OCC)c2)ccc1Cl. The predicted octanol–water partition coefficient (Wildman–Crippen LogP) is 5.46. The zero-order chi connectivity index (χ0) is 14.5. The smallest absolute Gasteiger partial charge is 0.138 e. The van der Waals surface area contributed by atoms with Crippen molar-refractivity contribution >= 4 is 23.2 Å². The van der Waals surface area contributed by atoms with Crippen LogP contribution in [0.1, 0.15) is 13.8 Å². The van der Waals surface area contributed by atoms with Crippen molar-refractivity contribution in [2.75, 3.05) is 13.2 Å². The van der Waals surface area contributed by atoms with Crippen LogP contribution in [0.3, 0.4) is 0 Å². The molecule has 0 aliphatic carbocycles. The molecule has 2 aromatic rings. The quantitative estimate of drug-likeness (QED) is 0.730. The summed E-state index contributed by atoms with van der Waals surface area (Å²) >= 11 is 12.2. The van der Waals surface area contributed by atoms with Crippen LogP contribution in [0.15, 0.2) is 36.4 Å². The monoisotopic (exact) mass is 310 g/mol. The average Bonchev–Trinajstić information content (AvgIpc) is 2.44. The molecule has 0 atom stereocenters. The van der Waals surface area contributed by atoms with Crippen molar-refractivity contribution in [2.45, 2.75) is 13.8 Å².